The van der Waals surface area contributed by atoms with E-state index in [1.807, 2.05) is 11.4 Å². The highest BCUT2D eigenvalue weighted by Gasteiger charge is 2.30. The Kier molecular flexibility index (Phi) is 6.81. The summed E-state index contributed by atoms with van der Waals surface area (Å²) in [5.74, 6) is -0.110. The van der Waals surface area contributed by atoms with Crippen molar-refractivity contribution in [3.05, 3.63) is 21.9 Å². The van der Waals surface area contributed by atoms with Gasteiger partial charge >= 0.3 is 12.1 Å². The van der Waals surface area contributed by atoms with E-state index in [2.05, 4.69) is 0 Å². The molecular formula is C19H27NO5S. The maximum Gasteiger partial charge on any atom is 0.417 e. The zero-order chi connectivity index (χ0) is 19.3. The lowest BCUT2D eigenvalue weighted by Crippen LogP contribution is -2.40. The van der Waals surface area contributed by atoms with Gasteiger partial charge in [0.25, 0.3) is 0 Å². The lowest BCUT2D eigenvalue weighted by atomic mass is 9.95. The molecule has 0 bridgehead atoms. The number of methoxy groups -OCH3 is 1. The molecule has 1 fully saturated rings. The number of rotatable bonds is 4. The van der Waals surface area contributed by atoms with Gasteiger partial charge in [-0.1, -0.05) is 0 Å². The molecule has 1 aliphatic rings. The van der Waals surface area contributed by atoms with Gasteiger partial charge in [0, 0.05) is 23.2 Å². The quantitative estimate of drug-likeness (QED) is 0.736. The molecule has 2 rings (SSSR count). The van der Waals surface area contributed by atoms with Crippen molar-refractivity contribution in [2.75, 3.05) is 13.7 Å². The Labute approximate surface area is 158 Å². The monoisotopic (exact) mass is 381 g/mol. The molecule has 0 aliphatic carbocycles. The van der Waals surface area contributed by atoms with Crippen LogP contribution in [0.5, 0.6) is 0 Å². The van der Waals surface area contributed by atoms with Gasteiger partial charge < -0.3 is 9.47 Å². The molecule has 0 saturated carbocycles. The number of ether oxygens (including phenoxy) is 2. The topological polar surface area (TPSA) is 72.9 Å². The van der Waals surface area contributed by atoms with Crippen molar-refractivity contribution in [1.29, 1.82) is 0 Å². The Hall–Kier alpha value is -1.89. The third-order valence-corrected chi connectivity index (χ3v) is 5.31. The third-order valence-electron chi connectivity index (χ3n) is 4.32. The smallest absolute Gasteiger partial charge is 0.417 e. The van der Waals surface area contributed by atoms with Crippen molar-refractivity contribution in [1.82, 2.24) is 4.90 Å². The number of carbonyl (C=O) groups is 3. The number of nitrogens with zero attached hydrogens (tertiary/aromatic N) is 1. The van der Waals surface area contributed by atoms with Crippen LogP contribution in [-0.4, -0.2) is 42.1 Å². The molecule has 1 aromatic heterocycles. The normalized spacial score (nSPS) is 18.4. The highest BCUT2D eigenvalue weighted by molar-refractivity contribution is 7.10. The summed E-state index contributed by atoms with van der Waals surface area (Å²) in [6, 6.07) is 1.87. The zero-order valence-corrected chi connectivity index (χ0v) is 16.7. The van der Waals surface area contributed by atoms with Crippen molar-refractivity contribution in [3.8, 4) is 0 Å². The minimum absolute atomic E-state index is 0.161. The fourth-order valence-electron chi connectivity index (χ4n) is 2.93. The van der Waals surface area contributed by atoms with Crippen molar-refractivity contribution in [3.63, 3.8) is 0 Å². The van der Waals surface area contributed by atoms with E-state index in [0.29, 0.717) is 24.4 Å². The summed E-state index contributed by atoms with van der Waals surface area (Å²) in [5, 5.41) is 1.81. The third kappa shape index (κ3) is 5.83. The summed E-state index contributed by atoms with van der Waals surface area (Å²) in [6.45, 7) is 5.77. The minimum atomic E-state index is -0.612. The van der Waals surface area contributed by atoms with Crippen LogP contribution < -0.4 is 0 Å². The molecule has 6 nitrogen and oxygen atoms in total. The van der Waals surface area contributed by atoms with Crippen molar-refractivity contribution in [2.45, 2.75) is 58.5 Å². The fourth-order valence-corrected chi connectivity index (χ4v) is 3.80. The van der Waals surface area contributed by atoms with Crippen LogP contribution in [0, 0.1) is 5.92 Å². The summed E-state index contributed by atoms with van der Waals surface area (Å²) >= 11 is 1.55. The van der Waals surface area contributed by atoms with Gasteiger partial charge in [0.05, 0.1) is 12.7 Å². The SMILES string of the molecule is COC(=O)c1csc(CCC2CCC(=O)N(C(=O)OC(C)(C)C)CC2)c1. The van der Waals surface area contributed by atoms with Crippen molar-refractivity contribution in [2.24, 2.45) is 5.92 Å². The second kappa shape index (κ2) is 8.66. The van der Waals surface area contributed by atoms with Crippen LogP contribution in [0.4, 0.5) is 4.79 Å². The van der Waals surface area contributed by atoms with Crippen LogP contribution in [-0.2, 0) is 20.7 Å². The minimum Gasteiger partial charge on any atom is -0.465 e. The average Bonchev–Trinajstić information content (AvgIpc) is 2.95. The predicted octanol–water partition coefficient (Wildman–Crippen LogP) is 4.03. The van der Waals surface area contributed by atoms with Crippen LogP contribution >= 0.6 is 11.3 Å². The number of aryl methyl sites for hydroxylation is 1. The number of likely N-dealkylation sites (tertiary alicyclic amines) is 1. The van der Waals surface area contributed by atoms with Gasteiger partial charge in [-0.3, -0.25) is 4.79 Å². The largest absolute Gasteiger partial charge is 0.465 e. The number of carbonyl (C=O) groups excluding carboxylic acids is 3. The molecule has 0 radical (unpaired) electrons. The predicted molar refractivity (Wildman–Crippen MR) is 99.3 cm³/mol. The van der Waals surface area contributed by atoms with Gasteiger partial charge in [0.2, 0.25) is 5.91 Å². The Morgan fingerprint density at radius 1 is 1.31 bits per heavy atom. The van der Waals surface area contributed by atoms with E-state index in [9.17, 15) is 14.4 Å². The molecule has 1 aromatic rings. The van der Waals surface area contributed by atoms with E-state index < -0.39 is 11.7 Å². The van der Waals surface area contributed by atoms with Crippen molar-refractivity contribution >= 4 is 29.3 Å². The first-order chi connectivity index (χ1) is 12.2. The molecule has 1 saturated heterocycles. The first-order valence-electron chi connectivity index (χ1n) is 8.88. The maximum atomic E-state index is 12.2. The van der Waals surface area contributed by atoms with Gasteiger partial charge in [-0.2, -0.15) is 0 Å². The van der Waals surface area contributed by atoms with Crippen molar-refractivity contribution < 1.29 is 23.9 Å². The first-order valence-corrected chi connectivity index (χ1v) is 9.76. The highest BCUT2D eigenvalue weighted by atomic mass is 32.1. The van der Waals surface area contributed by atoms with E-state index >= 15 is 0 Å². The van der Waals surface area contributed by atoms with Gasteiger partial charge in [0.15, 0.2) is 0 Å². The van der Waals surface area contributed by atoms with E-state index in [1.54, 1.807) is 32.1 Å². The van der Waals surface area contributed by atoms with E-state index in [-0.39, 0.29) is 11.9 Å². The summed E-state index contributed by atoms with van der Waals surface area (Å²) in [6.07, 6.45) is 3.14. The van der Waals surface area contributed by atoms with Gasteiger partial charge in [-0.05, 0) is 58.4 Å². The van der Waals surface area contributed by atoms with Gasteiger partial charge in [0.1, 0.15) is 5.60 Å². The Bertz CT molecular complexity index is 661. The summed E-state index contributed by atoms with van der Waals surface area (Å²) in [7, 11) is 1.37. The Morgan fingerprint density at radius 3 is 2.69 bits per heavy atom. The maximum absolute atomic E-state index is 12.2. The molecule has 144 valence electrons. The molecule has 1 aliphatic heterocycles. The van der Waals surface area contributed by atoms with Gasteiger partial charge in [-0.25, -0.2) is 14.5 Å². The number of thiophene rings is 1. The molecule has 1 unspecified atom stereocenters. The lowest BCUT2D eigenvalue weighted by molar-refractivity contribution is -0.129. The molecule has 0 aromatic carbocycles. The Morgan fingerprint density at radius 2 is 2.04 bits per heavy atom. The van der Waals surface area contributed by atoms with Gasteiger partial charge in [-0.15, -0.1) is 11.3 Å². The second-order valence-corrected chi connectivity index (χ2v) is 8.55. The number of amides is 2. The van der Waals surface area contributed by atoms with E-state index in [1.165, 1.54) is 12.0 Å². The molecule has 2 amide bonds. The van der Waals surface area contributed by atoms with Crippen LogP contribution in [0.3, 0.4) is 0 Å². The van der Waals surface area contributed by atoms with E-state index in [4.69, 9.17) is 9.47 Å². The molecule has 0 N–H and O–H groups in total. The molecule has 7 heteroatoms. The van der Waals surface area contributed by atoms with Crippen LogP contribution in [0.1, 0.15) is 61.7 Å². The zero-order valence-electron chi connectivity index (χ0n) is 15.9. The highest BCUT2D eigenvalue weighted by Crippen LogP contribution is 2.26. The summed E-state index contributed by atoms with van der Waals surface area (Å²) in [5.41, 5.74) is -0.0285. The Balaban J connectivity index is 1.87. The second-order valence-electron chi connectivity index (χ2n) is 7.55. The molecule has 26 heavy (non-hydrogen) atoms. The molecule has 2 heterocycles. The number of hydrogen-bond donors (Lipinski definition) is 0. The summed E-state index contributed by atoms with van der Waals surface area (Å²) in [4.78, 5) is 38.3. The fraction of sp³-hybridized carbons (Fsp3) is 0.632. The van der Waals surface area contributed by atoms with Crippen LogP contribution in [0.25, 0.3) is 0 Å². The number of hydrogen-bond acceptors (Lipinski definition) is 6. The van der Waals surface area contributed by atoms with Crippen LogP contribution in [0.2, 0.25) is 0 Å². The number of esters is 1. The molecular weight excluding hydrogens is 354 g/mol. The average molecular weight is 381 g/mol. The summed E-state index contributed by atoms with van der Waals surface area (Å²) < 4.78 is 10.0. The lowest BCUT2D eigenvalue weighted by Gasteiger charge is -2.25. The molecule has 0 spiro atoms. The number of imide groups is 1. The standard InChI is InChI=1S/C19H27NO5S/c1-19(2,3)25-18(23)20-10-9-13(6-8-16(20)21)5-7-15-11-14(12-26-15)17(22)24-4/h11-13H,5-10H2,1-4H3. The first kappa shape index (κ1) is 20.4. The van der Waals surface area contributed by atoms with E-state index in [0.717, 1.165) is 30.6 Å². The van der Waals surface area contributed by atoms with Crippen LogP contribution in [0.15, 0.2) is 11.4 Å². The molecule has 1 atom stereocenters.